The Labute approximate surface area is 309 Å². The summed E-state index contributed by atoms with van der Waals surface area (Å²) in [4.78, 5) is 14.7. The van der Waals surface area contributed by atoms with Crippen LogP contribution >= 0.6 is 11.3 Å². The van der Waals surface area contributed by atoms with Crippen molar-refractivity contribution in [2.24, 2.45) is 0 Å². The van der Waals surface area contributed by atoms with E-state index in [0.717, 1.165) is 35.9 Å². The van der Waals surface area contributed by atoms with E-state index in [9.17, 15) is 4.11 Å². The molecule has 5 heteroatoms. The van der Waals surface area contributed by atoms with Gasteiger partial charge in [-0.3, -0.25) is 0 Å². The van der Waals surface area contributed by atoms with Gasteiger partial charge in [0.2, 0.25) is 0 Å². The lowest BCUT2D eigenvalue weighted by molar-refractivity contribution is 1.08. The van der Waals surface area contributed by atoms with E-state index in [1.54, 1.807) is 11.3 Å². The number of aromatic nitrogens is 4. The minimum atomic E-state index is -0.715. The van der Waals surface area contributed by atoms with E-state index < -0.39 is 78.2 Å². The lowest BCUT2D eigenvalue weighted by Gasteiger charge is -2.11. The Morgan fingerprint density at radius 1 is 0.460 bits per heavy atom. The first-order valence-electron chi connectivity index (χ1n) is 21.7. The van der Waals surface area contributed by atoms with Crippen LogP contribution in [0.4, 0.5) is 0 Å². The maximum Gasteiger partial charge on any atom is 0.164 e. The molecule has 0 aliphatic heterocycles. The minimum Gasteiger partial charge on any atom is -0.309 e. The Hall–Kier alpha value is -6.43. The van der Waals surface area contributed by atoms with E-state index in [1.807, 2.05) is 97.1 Å². The smallest absolute Gasteiger partial charge is 0.164 e. The highest BCUT2D eigenvalue weighted by molar-refractivity contribution is 7.25. The summed E-state index contributed by atoms with van der Waals surface area (Å²) in [5.74, 6) is 0.277. The Bertz CT molecular complexity index is 3520. The van der Waals surface area contributed by atoms with Crippen LogP contribution < -0.4 is 0 Å². The zero-order valence-electron chi connectivity index (χ0n) is 37.9. The molecule has 234 valence electrons. The van der Waals surface area contributed by atoms with Crippen LogP contribution in [0.5, 0.6) is 0 Å². The molecule has 10 rings (SSSR count). The number of para-hydroxylation sites is 2. The summed E-state index contributed by atoms with van der Waals surface area (Å²) >= 11 is 1.61. The first kappa shape index (κ1) is 18.9. The standard InChI is InChI=1S/C45H28N4S/c1-3-12-29(13-4-1)30-22-24-31(25-23-30)43-46-44(48-45(47-43)36-18-11-21-41-42(36)35-17-8-10-20-40(35)50-41)32-26-27-39-37(28-32)34-16-7-9-19-38(34)49(39)33-14-5-2-6-15-33/h1-28H/i2D,5D,6D,7D,9D,14D,15D,16D,19D,26D,27D,28D. The zero-order valence-corrected chi connectivity index (χ0v) is 26.8. The Kier molecular flexibility index (Phi) is 4.40. The molecule has 3 aromatic heterocycles. The summed E-state index contributed by atoms with van der Waals surface area (Å²) in [6, 6.07) is 23.5. The predicted molar refractivity (Wildman–Crippen MR) is 209 cm³/mol. The van der Waals surface area contributed by atoms with Crippen molar-refractivity contribution in [3.05, 3.63) is 170 Å². The van der Waals surface area contributed by atoms with Crippen LogP contribution in [0.15, 0.2) is 170 Å². The molecule has 0 spiro atoms. The van der Waals surface area contributed by atoms with Gasteiger partial charge in [-0.15, -0.1) is 11.3 Å². The molecule has 0 amide bonds. The third-order valence-electron chi connectivity index (χ3n) is 8.62. The molecule has 0 aliphatic rings. The number of thiophene rings is 1. The van der Waals surface area contributed by atoms with Crippen molar-refractivity contribution in [3.63, 3.8) is 0 Å². The SMILES string of the molecule is [2H]c1c([2H])c([2H])c(-n2c3c([2H])c([2H])c([2H])c([2H])c3c3c([2H])c(-c4nc(-c5ccc(-c6ccccc6)cc5)nc(-c5cccc6sc7ccccc7c56)n4)c([2H])c([2H])c32)c([2H])c1[2H]. The molecular formula is C45H28N4S. The Morgan fingerprint density at radius 3 is 1.98 bits per heavy atom. The molecule has 4 nitrogen and oxygen atoms in total. The molecular weight excluding hydrogens is 629 g/mol. The largest absolute Gasteiger partial charge is 0.309 e. The molecule has 0 bridgehead atoms. The highest BCUT2D eigenvalue weighted by Gasteiger charge is 2.19. The monoisotopic (exact) mass is 668 g/mol. The van der Waals surface area contributed by atoms with Crippen molar-refractivity contribution in [3.8, 4) is 51.0 Å². The van der Waals surface area contributed by atoms with Gasteiger partial charge in [0.1, 0.15) is 0 Å². The van der Waals surface area contributed by atoms with Gasteiger partial charge in [0.15, 0.2) is 17.5 Å². The van der Waals surface area contributed by atoms with Crippen LogP contribution in [0.25, 0.3) is 93.0 Å². The van der Waals surface area contributed by atoms with Crippen molar-refractivity contribution in [1.29, 1.82) is 0 Å². The van der Waals surface area contributed by atoms with E-state index in [4.69, 9.17) is 27.3 Å². The average molecular weight is 669 g/mol. The average Bonchev–Trinajstić information content (AvgIpc) is 3.86. The van der Waals surface area contributed by atoms with Crippen molar-refractivity contribution >= 4 is 53.3 Å². The summed E-state index contributed by atoms with van der Waals surface area (Å²) in [6.07, 6.45) is 0. The molecule has 0 N–H and O–H groups in total. The molecule has 0 fully saturated rings. The van der Waals surface area contributed by atoms with E-state index in [2.05, 4.69) is 0 Å². The molecule has 7 aromatic carbocycles. The predicted octanol–water partition coefficient (Wildman–Crippen LogP) is 12.0. The number of fused-ring (bicyclic) bond motifs is 6. The van der Waals surface area contributed by atoms with Crippen LogP contribution in [0.2, 0.25) is 0 Å². The molecule has 0 aliphatic carbocycles. The number of nitrogens with zero attached hydrogens (tertiary/aromatic N) is 4. The molecule has 0 saturated carbocycles. The molecule has 0 unspecified atom stereocenters. The minimum absolute atomic E-state index is 0.149. The lowest BCUT2D eigenvalue weighted by Crippen LogP contribution is -2.00. The van der Waals surface area contributed by atoms with Crippen LogP contribution in [0.3, 0.4) is 0 Å². The van der Waals surface area contributed by atoms with Crippen LogP contribution in [0, 0.1) is 0 Å². The number of hydrogen-bond donors (Lipinski definition) is 0. The third-order valence-corrected chi connectivity index (χ3v) is 9.76. The van der Waals surface area contributed by atoms with Gasteiger partial charge in [-0.05, 0) is 59.5 Å². The van der Waals surface area contributed by atoms with Gasteiger partial charge >= 0.3 is 0 Å². The summed E-state index contributed by atoms with van der Waals surface area (Å²) in [7, 11) is 0. The van der Waals surface area contributed by atoms with E-state index in [0.29, 0.717) is 11.1 Å². The fourth-order valence-corrected chi connectivity index (χ4v) is 7.48. The van der Waals surface area contributed by atoms with Crippen LogP contribution in [-0.2, 0) is 0 Å². The number of benzene rings is 7. The second kappa shape index (κ2) is 11.6. The van der Waals surface area contributed by atoms with Gasteiger partial charge in [-0.2, -0.15) is 0 Å². The van der Waals surface area contributed by atoms with Crippen molar-refractivity contribution < 1.29 is 16.4 Å². The van der Waals surface area contributed by atoms with Crippen LogP contribution in [-0.4, -0.2) is 19.5 Å². The van der Waals surface area contributed by atoms with Crippen molar-refractivity contribution in [2.45, 2.75) is 0 Å². The first-order chi connectivity index (χ1) is 29.8. The van der Waals surface area contributed by atoms with Crippen molar-refractivity contribution in [2.75, 3.05) is 0 Å². The lowest BCUT2D eigenvalue weighted by atomic mass is 10.0. The number of rotatable bonds is 5. The summed E-state index contributed by atoms with van der Waals surface area (Å²) in [5, 5.41) is 1.42. The maximum absolute atomic E-state index is 9.81. The molecule has 50 heavy (non-hydrogen) atoms. The second-order valence-electron chi connectivity index (χ2n) is 11.5. The molecule has 0 radical (unpaired) electrons. The summed E-state index contributed by atoms with van der Waals surface area (Å²) in [6.45, 7) is 0. The molecule has 10 aromatic rings. The molecule has 0 atom stereocenters. The van der Waals surface area contributed by atoms with Crippen LogP contribution in [0.1, 0.15) is 16.4 Å². The van der Waals surface area contributed by atoms with Gasteiger partial charge < -0.3 is 4.57 Å². The van der Waals surface area contributed by atoms with Gasteiger partial charge in [-0.25, -0.2) is 15.0 Å². The first-order valence-corrected chi connectivity index (χ1v) is 16.5. The maximum atomic E-state index is 9.81. The van der Waals surface area contributed by atoms with E-state index in [-0.39, 0.29) is 44.8 Å². The Balaban J connectivity index is 1.32. The fraction of sp³-hybridized carbons (Fsp3) is 0. The normalized spacial score (nSPS) is 15.0. The van der Waals surface area contributed by atoms with Gasteiger partial charge in [0.05, 0.1) is 27.5 Å². The third kappa shape index (κ3) is 4.71. The highest BCUT2D eigenvalue weighted by atomic mass is 32.1. The van der Waals surface area contributed by atoms with Gasteiger partial charge in [0.25, 0.3) is 0 Å². The van der Waals surface area contributed by atoms with E-state index >= 15 is 0 Å². The summed E-state index contributed by atoms with van der Waals surface area (Å²) < 4.78 is 110. The molecule has 3 heterocycles. The van der Waals surface area contributed by atoms with E-state index in [1.165, 1.54) is 0 Å². The summed E-state index contributed by atoms with van der Waals surface area (Å²) in [5.41, 5.74) is 1.83. The highest BCUT2D eigenvalue weighted by Crippen LogP contribution is 2.40. The molecule has 0 saturated heterocycles. The zero-order chi connectivity index (χ0) is 43.5. The fourth-order valence-electron chi connectivity index (χ4n) is 6.35. The quantitative estimate of drug-likeness (QED) is 0.183. The Morgan fingerprint density at radius 2 is 1.12 bits per heavy atom. The van der Waals surface area contributed by atoms with Gasteiger partial charge in [0, 0.05) is 53.3 Å². The topological polar surface area (TPSA) is 43.6 Å². The van der Waals surface area contributed by atoms with Crippen molar-refractivity contribution in [1.82, 2.24) is 19.5 Å². The number of hydrogen-bond acceptors (Lipinski definition) is 4. The second-order valence-corrected chi connectivity index (χ2v) is 12.6. The van der Waals surface area contributed by atoms with Gasteiger partial charge in [-0.1, -0.05) is 121 Å².